The highest BCUT2D eigenvalue weighted by Gasteiger charge is 2.34. The molecule has 0 radical (unpaired) electrons. The van der Waals surface area contributed by atoms with Gasteiger partial charge in [-0.25, -0.2) is 0 Å². The van der Waals surface area contributed by atoms with Gasteiger partial charge in [0.15, 0.2) is 5.17 Å². The molecular weight excluding hydrogens is 423 g/mol. The van der Waals surface area contributed by atoms with Crippen molar-refractivity contribution in [3.63, 3.8) is 0 Å². The van der Waals surface area contributed by atoms with Crippen LogP contribution >= 0.6 is 35.0 Å². The molecule has 2 aromatic carbocycles. The number of thioether (sulfide) groups is 1. The predicted molar refractivity (Wildman–Crippen MR) is 115 cm³/mol. The van der Waals surface area contributed by atoms with E-state index in [1.807, 2.05) is 0 Å². The van der Waals surface area contributed by atoms with E-state index in [0.29, 0.717) is 22.0 Å². The number of hydrogen-bond acceptors (Lipinski definition) is 6. The van der Waals surface area contributed by atoms with Crippen molar-refractivity contribution >= 4 is 69.2 Å². The van der Waals surface area contributed by atoms with Crippen LogP contribution in [0.5, 0.6) is 0 Å². The van der Waals surface area contributed by atoms with E-state index in [0.717, 1.165) is 11.8 Å². The minimum absolute atomic E-state index is 0.0140. The summed E-state index contributed by atoms with van der Waals surface area (Å²) in [4.78, 5) is 26.8. The fraction of sp³-hybridized carbons (Fsp3) is 0.111. The maximum atomic E-state index is 12.8. The van der Waals surface area contributed by atoms with E-state index in [1.165, 1.54) is 23.1 Å². The van der Waals surface area contributed by atoms with Crippen LogP contribution in [-0.2, 0) is 4.79 Å². The van der Waals surface area contributed by atoms with Gasteiger partial charge in [0.2, 0.25) is 0 Å². The van der Waals surface area contributed by atoms with E-state index in [9.17, 15) is 14.9 Å². The number of rotatable bonds is 4. The molecule has 1 N–H and O–H groups in total. The topological polar surface area (TPSA) is 90.5 Å². The number of amidine groups is 1. The molecule has 0 atom stereocenters. The molecule has 10 heteroatoms. The molecule has 1 heterocycles. The molecule has 28 heavy (non-hydrogen) atoms. The number of anilines is 2. The number of nitrogens with zero attached hydrogens (tertiary/aromatic N) is 3. The standard InChI is InChI=1S/C18H14Cl2N4O3S/c1-22(2)14-5-3-10(7-15(14)24(26)27)8-16-17(25)23(18(21)28-16)13-6-4-11(19)9-12(13)20/h3-9,21H,1-2H3/b16-8-,21-18?. The normalized spacial score (nSPS) is 15.4. The molecule has 0 unspecified atom stereocenters. The molecule has 0 saturated carbocycles. The van der Waals surface area contributed by atoms with Gasteiger partial charge in [0, 0.05) is 25.2 Å². The Balaban J connectivity index is 1.98. The Labute approximate surface area is 175 Å². The van der Waals surface area contributed by atoms with Crippen LogP contribution in [0.4, 0.5) is 17.1 Å². The number of nitro benzene ring substituents is 1. The quantitative estimate of drug-likeness (QED) is 0.412. The number of nitro groups is 1. The number of nitrogens with one attached hydrogen (secondary N) is 1. The van der Waals surface area contributed by atoms with Crippen molar-refractivity contribution in [1.29, 1.82) is 5.41 Å². The van der Waals surface area contributed by atoms with Crippen molar-refractivity contribution in [1.82, 2.24) is 0 Å². The molecule has 0 aromatic heterocycles. The molecule has 2 aromatic rings. The first-order valence-corrected chi connectivity index (χ1v) is 9.49. The minimum atomic E-state index is -0.469. The van der Waals surface area contributed by atoms with Gasteiger partial charge in [-0.3, -0.25) is 25.2 Å². The van der Waals surface area contributed by atoms with E-state index < -0.39 is 10.8 Å². The summed E-state index contributed by atoms with van der Waals surface area (Å²) in [5, 5.41) is 20.1. The molecule has 3 rings (SSSR count). The van der Waals surface area contributed by atoms with Gasteiger partial charge >= 0.3 is 0 Å². The second-order valence-corrected chi connectivity index (χ2v) is 7.93. The van der Waals surface area contributed by atoms with E-state index in [-0.39, 0.29) is 20.8 Å². The van der Waals surface area contributed by atoms with Gasteiger partial charge < -0.3 is 4.90 Å². The van der Waals surface area contributed by atoms with Gasteiger partial charge in [-0.15, -0.1) is 0 Å². The van der Waals surface area contributed by atoms with Crippen molar-refractivity contribution in [3.8, 4) is 0 Å². The highest BCUT2D eigenvalue weighted by atomic mass is 35.5. The zero-order chi connectivity index (χ0) is 20.6. The smallest absolute Gasteiger partial charge is 0.293 e. The number of halogens is 2. The number of carbonyl (C=O) groups is 1. The Morgan fingerprint density at radius 1 is 1.21 bits per heavy atom. The van der Waals surface area contributed by atoms with Crippen LogP contribution in [0, 0.1) is 15.5 Å². The second kappa shape index (κ2) is 7.83. The summed E-state index contributed by atoms with van der Waals surface area (Å²) < 4.78 is 0. The van der Waals surface area contributed by atoms with Crippen molar-refractivity contribution < 1.29 is 9.72 Å². The summed E-state index contributed by atoms with van der Waals surface area (Å²) in [7, 11) is 3.43. The monoisotopic (exact) mass is 436 g/mol. The zero-order valence-electron chi connectivity index (χ0n) is 14.8. The number of amides is 1. The van der Waals surface area contributed by atoms with Crippen LogP contribution in [-0.4, -0.2) is 30.1 Å². The maximum absolute atomic E-state index is 12.8. The lowest BCUT2D eigenvalue weighted by molar-refractivity contribution is -0.384. The Morgan fingerprint density at radius 3 is 2.54 bits per heavy atom. The molecule has 1 aliphatic rings. The van der Waals surface area contributed by atoms with Gasteiger partial charge in [0.1, 0.15) is 5.69 Å². The van der Waals surface area contributed by atoms with Gasteiger partial charge in [-0.1, -0.05) is 29.3 Å². The van der Waals surface area contributed by atoms with E-state index >= 15 is 0 Å². The number of carbonyl (C=O) groups excluding carboxylic acids is 1. The summed E-state index contributed by atoms with van der Waals surface area (Å²) in [6.07, 6.45) is 1.53. The summed E-state index contributed by atoms with van der Waals surface area (Å²) in [6.45, 7) is 0. The second-order valence-electron chi connectivity index (χ2n) is 6.05. The molecule has 0 spiro atoms. The Kier molecular flexibility index (Phi) is 5.64. The van der Waals surface area contributed by atoms with Crippen LogP contribution in [0.3, 0.4) is 0 Å². The third-order valence-corrected chi connectivity index (χ3v) is 5.38. The summed E-state index contributed by atoms with van der Waals surface area (Å²) in [5.41, 5.74) is 1.23. The zero-order valence-corrected chi connectivity index (χ0v) is 17.1. The predicted octanol–water partition coefficient (Wildman–Crippen LogP) is 5.02. The fourth-order valence-electron chi connectivity index (χ4n) is 2.67. The summed E-state index contributed by atoms with van der Waals surface area (Å²) >= 11 is 13.0. The van der Waals surface area contributed by atoms with E-state index in [1.54, 1.807) is 43.3 Å². The molecule has 0 aliphatic carbocycles. The first kappa shape index (κ1) is 20.2. The largest absolute Gasteiger partial charge is 0.372 e. The molecule has 1 amide bonds. The average Bonchev–Trinajstić information content (AvgIpc) is 2.88. The van der Waals surface area contributed by atoms with E-state index in [4.69, 9.17) is 28.6 Å². The van der Waals surface area contributed by atoms with Crippen LogP contribution < -0.4 is 9.80 Å². The molecule has 1 aliphatic heterocycles. The van der Waals surface area contributed by atoms with Crippen molar-refractivity contribution in [3.05, 3.63) is 67.0 Å². The van der Waals surface area contributed by atoms with Gasteiger partial charge in [0.25, 0.3) is 11.6 Å². The van der Waals surface area contributed by atoms with Gasteiger partial charge in [0.05, 0.1) is 20.5 Å². The van der Waals surface area contributed by atoms with Crippen molar-refractivity contribution in [2.24, 2.45) is 0 Å². The van der Waals surface area contributed by atoms with Crippen LogP contribution in [0.1, 0.15) is 5.56 Å². The van der Waals surface area contributed by atoms with Crippen molar-refractivity contribution in [2.45, 2.75) is 0 Å². The molecular formula is C18H14Cl2N4O3S. The Hall–Kier alpha value is -2.55. The first-order valence-electron chi connectivity index (χ1n) is 7.92. The van der Waals surface area contributed by atoms with Gasteiger partial charge in [-0.2, -0.15) is 0 Å². The molecule has 144 valence electrons. The fourth-order valence-corrected chi connectivity index (χ4v) is 4.02. The highest BCUT2D eigenvalue weighted by molar-refractivity contribution is 8.19. The average molecular weight is 437 g/mol. The Bertz CT molecular complexity index is 1040. The van der Waals surface area contributed by atoms with Crippen LogP contribution in [0.15, 0.2) is 41.3 Å². The molecule has 1 saturated heterocycles. The number of benzene rings is 2. The SMILES string of the molecule is CN(C)c1ccc(/C=C2\SC(=N)N(c3ccc(Cl)cc3Cl)C2=O)cc1[N+](=O)[O-]. The summed E-state index contributed by atoms with van der Waals surface area (Å²) in [5.74, 6) is -0.432. The third kappa shape index (κ3) is 3.84. The van der Waals surface area contributed by atoms with Crippen LogP contribution in [0.25, 0.3) is 6.08 Å². The lowest BCUT2D eigenvalue weighted by Crippen LogP contribution is -2.28. The lowest BCUT2D eigenvalue weighted by atomic mass is 10.1. The summed E-state index contributed by atoms with van der Waals surface area (Å²) in [6, 6.07) is 9.35. The molecule has 7 nitrogen and oxygen atoms in total. The third-order valence-electron chi connectivity index (χ3n) is 3.95. The molecule has 1 fully saturated rings. The Morgan fingerprint density at radius 2 is 1.93 bits per heavy atom. The first-order chi connectivity index (χ1) is 13.2. The van der Waals surface area contributed by atoms with Gasteiger partial charge in [-0.05, 0) is 47.7 Å². The highest BCUT2D eigenvalue weighted by Crippen LogP contribution is 2.39. The van der Waals surface area contributed by atoms with Crippen LogP contribution in [0.2, 0.25) is 10.0 Å². The molecule has 0 bridgehead atoms. The maximum Gasteiger partial charge on any atom is 0.293 e. The lowest BCUT2D eigenvalue weighted by Gasteiger charge is -2.16. The minimum Gasteiger partial charge on any atom is -0.372 e. The van der Waals surface area contributed by atoms with Crippen molar-refractivity contribution in [2.75, 3.05) is 23.9 Å². The van der Waals surface area contributed by atoms with E-state index in [2.05, 4.69) is 0 Å². The number of hydrogen-bond donors (Lipinski definition) is 1.